The summed E-state index contributed by atoms with van der Waals surface area (Å²) in [6, 6.07) is 0.0820. The first-order chi connectivity index (χ1) is 13.9. The molecule has 1 amide bonds. The first-order valence-corrected chi connectivity index (χ1v) is 11.3. The van der Waals surface area contributed by atoms with Crippen molar-refractivity contribution in [3.05, 3.63) is 0 Å². The minimum Gasteiger partial charge on any atom is -0.481 e. The van der Waals surface area contributed by atoms with Crippen molar-refractivity contribution < 1.29 is 19.4 Å². The number of rotatable bonds is 9. The summed E-state index contributed by atoms with van der Waals surface area (Å²) in [4.78, 5) is 32.0. The normalized spacial score (nSPS) is 28.1. The Morgan fingerprint density at radius 2 is 1.76 bits per heavy atom. The molecule has 3 aliphatic heterocycles. The van der Waals surface area contributed by atoms with Crippen molar-refractivity contribution in [3.8, 4) is 0 Å². The monoisotopic (exact) mass is 410 g/mol. The summed E-state index contributed by atoms with van der Waals surface area (Å²) < 4.78 is 5.74. The molecule has 2 unspecified atom stereocenters. The number of carbonyl (C=O) groups is 2. The lowest BCUT2D eigenvalue weighted by Crippen LogP contribution is -2.53. The average molecular weight is 411 g/mol. The number of carboxylic acids is 1. The third-order valence-corrected chi connectivity index (χ3v) is 6.84. The zero-order chi connectivity index (χ0) is 20.8. The van der Waals surface area contributed by atoms with Crippen LogP contribution in [0.15, 0.2) is 0 Å². The lowest BCUT2D eigenvalue weighted by Gasteiger charge is -2.38. The number of amides is 1. The number of likely N-dealkylation sites (tertiary alicyclic amines) is 1. The number of piperidine rings is 1. The van der Waals surface area contributed by atoms with E-state index in [2.05, 4.69) is 28.7 Å². The largest absolute Gasteiger partial charge is 0.481 e. The SMILES string of the molecule is CC1C(N2CCN(CCCC(=O)O)CC2)OC(=O)N1CCCC1CCN(C)CC1. The van der Waals surface area contributed by atoms with Gasteiger partial charge in [0.2, 0.25) is 0 Å². The van der Waals surface area contributed by atoms with Gasteiger partial charge >= 0.3 is 12.1 Å². The van der Waals surface area contributed by atoms with Gasteiger partial charge in [0, 0.05) is 39.1 Å². The molecule has 1 N–H and O–H groups in total. The maximum Gasteiger partial charge on any atom is 0.411 e. The Labute approximate surface area is 174 Å². The molecule has 29 heavy (non-hydrogen) atoms. The number of carbonyl (C=O) groups excluding carboxylic acids is 1. The Morgan fingerprint density at radius 1 is 1.07 bits per heavy atom. The molecule has 0 bridgehead atoms. The zero-order valence-corrected chi connectivity index (χ0v) is 18.1. The highest BCUT2D eigenvalue weighted by atomic mass is 16.6. The van der Waals surface area contributed by atoms with Gasteiger partial charge in [-0.25, -0.2) is 4.79 Å². The number of ether oxygens (including phenoxy) is 1. The van der Waals surface area contributed by atoms with E-state index < -0.39 is 5.97 Å². The van der Waals surface area contributed by atoms with Crippen LogP contribution < -0.4 is 0 Å². The fraction of sp³-hybridized carbons (Fsp3) is 0.905. The third kappa shape index (κ3) is 6.30. The molecule has 2 atom stereocenters. The highest BCUT2D eigenvalue weighted by Crippen LogP contribution is 2.26. The molecule has 8 nitrogen and oxygen atoms in total. The first kappa shape index (κ1) is 22.3. The second-order valence-corrected chi connectivity index (χ2v) is 8.97. The van der Waals surface area contributed by atoms with Crippen LogP contribution in [-0.4, -0.2) is 108 Å². The molecule has 0 spiro atoms. The van der Waals surface area contributed by atoms with E-state index in [-0.39, 0.29) is 24.8 Å². The molecular formula is C21H38N4O4. The predicted octanol–water partition coefficient (Wildman–Crippen LogP) is 1.76. The Hall–Kier alpha value is -1.38. The van der Waals surface area contributed by atoms with Gasteiger partial charge in [-0.15, -0.1) is 0 Å². The molecule has 0 aromatic heterocycles. The number of hydrogen-bond acceptors (Lipinski definition) is 6. The molecule has 0 aliphatic carbocycles. The van der Waals surface area contributed by atoms with Crippen LogP contribution in [0.3, 0.4) is 0 Å². The van der Waals surface area contributed by atoms with E-state index >= 15 is 0 Å². The van der Waals surface area contributed by atoms with Crippen LogP contribution in [0.5, 0.6) is 0 Å². The van der Waals surface area contributed by atoms with Crippen LogP contribution in [-0.2, 0) is 9.53 Å². The van der Waals surface area contributed by atoms with Gasteiger partial charge in [-0.2, -0.15) is 0 Å². The average Bonchev–Trinajstić information content (AvgIpc) is 2.98. The molecule has 3 heterocycles. The van der Waals surface area contributed by atoms with Crippen molar-refractivity contribution in [1.82, 2.24) is 19.6 Å². The van der Waals surface area contributed by atoms with E-state index in [0.717, 1.165) is 51.6 Å². The number of carboxylic acid groups (broad SMARTS) is 1. The Bertz CT molecular complexity index is 545. The van der Waals surface area contributed by atoms with Gasteiger partial charge in [0.15, 0.2) is 6.23 Å². The molecule has 0 saturated carbocycles. The molecule has 166 valence electrons. The maximum atomic E-state index is 12.4. The maximum absolute atomic E-state index is 12.4. The lowest BCUT2D eigenvalue weighted by atomic mass is 9.92. The molecule has 0 aromatic carbocycles. The molecule has 3 aliphatic rings. The summed E-state index contributed by atoms with van der Waals surface area (Å²) in [6.45, 7) is 9.62. The van der Waals surface area contributed by atoms with Crippen LogP contribution in [0.4, 0.5) is 4.79 Å². The standard InChI is InChI=1S/C21H38N4O4/c1-17-20(24-15-13-23(14-16-24)9-4-6-19(26)27)29-21(28)25(17)10-3-5-18-7-11-22(2)12-8-18/h17-18,20H,3-16H2,1-2H3,(H,26,27). The number of hydrogen-bond donors (Lipinski definition) is 1. The zero-order valence-electron chi connectivity index (χ0n) is 18.1. The lowest BCUT2D eigenvalue weighted by molar-refractivity contribution is -0.137. The van der Waals surface area contributed by atoms with Crippen molar-refractivity contribution in [3.63, 3.8) is 0 Å². The van der Waals surface area contributed by atoms with E-state index in [9.17, 15) is 9.59 Å². The minimum atomic E-state index is -0.730. The summed E-state index contributed by atoms with van der Waals surface area (Å²) in [6.07, 6.45) is 5.38. The molecule has 8 heteroatoms. The molecular weight excluding hydrogens is 372 g/mol. The van der Waals surface area contributed by atoms with Gasteiger partial charge in [0.05, 0.1) is 6.04 Å². The van der Waals surface area contributed by atoms with Gasteiger partial charge < -0.3 is 24.5 Å². The summed E-state index contributed by atoms with van der Waals surface area (Å²) in [5, 5.41) is 8.77. The van der Waals surface area contributed by atoms with Crippen LogP contribution in [0.25, 0.3) is 0 Å². The second-order valence-electron chi connectivity index (χ2n) is 8.97. The number of piperazine rings is 1. The van der Waals surface area contributed by atoms with Crippen molar-refractivity contribution in [2.24, 2.45) is 5.92 Å². The first-order valence-electron chi connectivity index (χ1n) is 11.3. The van der Waals surface area contributed by atoms with Crippen LogP contribution >= 0.6 is 0 Å². The summed E-state index contributed by atoms with van der Waals surface area (Å²) in [7, 11) is 2.19. The summed E-state index contributed by atoms with van der Waals surface area (Å²) in [5.74, 6) is 0.0661. The molecule has 0 radical (unpaired) electrons. The fourth-order valence-corrected chi connectivity index (χ4v) is 4.86. The van der Waals surface area contributed by atoms with Crippen LogP contribution in [0.1, 0.15) is 45.4 Å². The van der Waals surface area contributed by atoms with E-state index in [4.69, 9.17) is 9.84 Å². The Morgan fingerprint density at radius 3 is 2.41 bits per heavy atom. The van der Waals surface area contributed by atoms with Gasteiger partial charge in [-0.05, 0) is 71.6 Å². The van der Waals surface area contributed by atoms with Gasteiger partial charge in [0.1, 0.15) is 0 Å². The predicted molar refractivity (Wildman–Crippen MR) is 111 cm³/mol. The number of cyclic esters (lactones) is 1. The van der Waals surface area contributed by atoms with E-state index in [1.54, 1.807) is 0 Å². The summed E-state index contributed by atoms with van der Waals surface area (Å²) >= 11 is 0. The smallest absolute Gasteiger partial charge is 0.411 e. The summed E-state index contributed by atoms with van der Waals surface area (Å²) in [5.41, 5.74) is 0. The molecule has 3 saturated heterocycles. The highest BCUT2D eigenvalue weighted by molar-refractivity contribution is 5.70. The van der Waals surface area contributed by atoms with E-state index in [0.29, 0.717) is 6.42 Å². The van der Waals surface area contributed by atoms with Gasteiger partial charge in [-0.1, -0.05) is 0 Å². The molecule has 0 aromatic rings. The van der Waals surface area contributed by atoms with Crippen molar-refractivity contribution in [1.29, 1.82) is 0 Å². The van der Waals surface area contributed by atoms with E-state index in [1.807, 2.05) is 4.90 Å². The topological polar surface area (TPSA) is 76.6 Å². The third-order valence-electron chi connectivity index (χ3n) is 6.84. The second kappa shape index (κ2) is 10.6. The Balaban J connectivity index is 1.37. The van der Waals surface area contributed by atoms with Crippen LogP contribution in [0.2, 0.25) is 0 Å². The molecule has 3 fully saturated rings. The van der Waals surface area contributed by atoms with Crippen molar-refractivity contribution in [2.75, 3.05) is 59.4 Å². The minimum absolute atomic E-state index is 0.0820. The van der Waals surface area contributed by atoms with E-state index in [1.165, 1.54) is 32.4 Å². The van der Waals surface area contributed by atoms with Crippen LogP contribution in [0, 0.1) is 5.92 Å². The van der Waals surface area contributed by atoms with Crippen molar-refractivity contribution >= 4 is 12.1 Å². The number of aliphatic carboxylic acids is 1. The molecule has 3 rings (SSSR count). The van der Waals surface area contributed by atoms with Gasteiger partial charge in [0.25, 0.3) is 0 Å². The quantitative estimate of drug-likeness (QED) is 0.621. The highest BCUT2D eigenvalue weighted by Gasteiger charge is 2.42. The Kier molecular flexibility index (Phi) is 8.15. The number of nitrogens with zero attached hydrogens (tertiary/aromatic N) is 4. The van der Waals surface area contributed by atoms with Gasteiger partial charge in [-0.3, -0.25) is 9.69 Å². The van der Waals surface area contributed by atoms with Crippen molar-refractivity contribution in [2.45, 2.75) is 57.7 Å². The fourth-order valence-electron chi connectivity index (χ4n) is 4.86.